The average molecular weight is 347 g/mol. The predicted molar refractivity (Wildman–Crippen MR) is 103 cm³/mol. The van der Waals surface area contributed by atoms with Gasteiger partial charge >= 0.3 is 0 Å². The highest BCUT2D eigenvalue weighted by Crippen LogP contribution is 2.23. The number of rotatable bonds is 6. The van der Waals surface area contributed by atoms with Crippen molar-refractivity contribution in [3.05, 3.63) is 42.1 Å². The lowest BCUT2D eigenvalue weighted by molar-refractivity contribution is -0.113. The van der Waals surface area contributed by atoms with Crippen LogP contribution in [0.3, 0.4) is 0 Å². The van der Waals surface area contributed by atoms with Gasteiger partial charge in [0.15, 0.2) is 0 Å². The lowest BCUT2D eigenvalue weighted by atomic mass is 10.2. The van der Waals surface area contributed by atoms with Gasteiger partial charge in [-0.05, 0) is 17.7 Å². The van der Waals surface area contributed by atoms with Gasteiger partial charge in [0.1, 0.15) is 5.82 Å². The molecule has 24 heavy (non-hydrogen) atoms. The van der Waals surface area contributed by atoms with Crippen molar-refractivity contribution in [1.82, 2.24) is 9.78 Å². The van der Waals surface area contributed by atoms with Crippen molar-refractivity contribution in [1.29, 1.82) is 0 Å². The van der Waals surface area contributed by atoms with Crippen LogP contribution in [0.4, 0.5) is 11.5 Å². The molecule has 1 aromatic heterocycles. The first-order valence-electron chi connectivity index (χ1n) is 7.96. The zero-order valence-corrected chi connectivity index (χ0v) is 15.9. The maximum Gasteiger partial charge on any atom is 0.235 e. The van der Waals surface area contributed by atoms with Gasteiger partial charge in [-0.1, -0.05) is 32.9 Å². The first kappa shape index (κ1) is 18.4. The minimum absolute atomic E-state index is 0.000342. The topological polar surface area (TPSA) is 50.2 Å². The quantitative estimate of drug-likeness (QED) is 0.870. The molecule has 1 heterocycles. The summed E-state index contributed by atoms with van der Waals surface area (Å²) in [6.07, 6.45) is 1.71. The molecule has 6 heteroatoms. The Labute approximate surface area is 148 Å². The maximum atomic E-state index is 12.1. The van der Waals surface area contributed by atoms with Crippen LogP contribution in [0.25, 0.3) is 0 Å². The largest absolute Gasteiger partial charge is 0.378 e. The second kappa shape index (κ2) is 7.75. The Bertz CT molecular complexity index is 671. The number of carbonyl (C=O) groups is 1. The van der Waals surface area contributed by atoms with Gasteiger partial charge in [-0.25, -0.2) is 4.68 Å². The van der Waals surface area contributed by atoms with Gasteiger partial charge in [-0.2, -0.15) is 5.10 Å². The third-order valence-electron chi connectivity index (χ3n) is 3.41. The van der Waals surface area contributed by atoms with E-state index in [4.69, 9.17) is 0 Å². The monoisotopic (exact) mass is 346 g/mol. The molecule has 0 spiro atoms. The van der Waals surface area contributed by atoms with Crippen LogP contribution in [0.15, 0.2) is 36.5 Å². The van der Waals surface area contributed by atoms with E-state index in [1.165, 1.54) is 0 Å². The van der Waals surface area contributed by atoms with E-state index in [1.807, 2.05) is 24.8 Å². The van der Waals surface area contributed by atoms with Gasteiger partial charge in [0.2, 0.25) is 5.91 Å². The Balaban J connectivity index is 1.98. The van der Waals surface area contributed by atoms with Gasteiger partial charge < -0.3 is 10.2 Å². The number of hydrogen-bond acceptors (Lipinski definition) is 4. The summed E-state index contributed by atoms with van der Waals surface area (Å²) in [6, 6.07) is 10.2. The third kappa shape index (κ3) is 5.60. The van der Waals surface area contributed by atoms with Crippen LogP contribution in [0.5, 0.6) is 0 Å². The normalized spacial score (nSPS) is 11.4. The van der Waals surface area contributed by atoms with Gasteiger partial charge in [0.05, 0.1) is 18.5 Å². The van der Waals surface area contributed by atoms with E-state index >= 15 is 0 Å². The number of nitrogens with zero attached hydrogens (tertiary/aromatic N) is 3. The van der Waals surface area contributed by atoms with Crippen LogP contribution < -0.4 is 10.2 Å². The molecule has 0 aliphatic carbocycles. The number of amides is 1. The molecule has 0 atom stereocenters. The van der Waals surface area contributed by atoms with Crippen molar-refractivity contribution in [3.8, 4) is 0 Å². The highest BCUT2D eigenvalue weighted by Gasteiger charge is 2.14. The van der Waals surface area contributed by atoms with Crippen LogP contribution in [0.1, 0.15) is 26.3 Å². The maximum absolute atomic E-state index is 12.1. The summed E-state index contributed by atoms with van der Waals surface area (Å²) < 4.78 is 1.89. The van der Waals surface area contributed by atoms with Gasteiger partial charge in [-0.3, -0.25) is 4.79 Å². The molecule has 5 nitrogen and oxygen atoms in total. The van der Waals surface area contributed by atoms with E-state index in [9.17, 15) is 4.79 Å². The summed E-state index contributed by atoms with van der Waals surface area (Å²) in [6.45, 7) is 6.94. The minimum atomic E-state index is -0.000342. The van der Waals surface area contributed by atoms with Crippen molar-refractivity contribution in [2.75, 3.05) is 30.1 Å². The highest BCUT2D eigenvalue weighted by atomic mass is 32.2. The van der Waals surface area contributed by atoms with E-state index in [0.717, 1.165) is 17.1 Å². The van der Waals surface area contributed by atoms with Gasteiger partial charge in [0.25, 0.3) is 0 Å². The molecule has 0 saturated carbocycles. The molecule has 0 aliphatic heterocycles. The second-order valence-corrected chi connectivity index (χ2v) is 8.69. The number of thioether (sulfide) groups is 1. The van der Waals surface area contributed by atoms with Crippen molar-refractivity contribution >= 4 is 29.2 Å². The molecule has 0 bridgehead atoms. The standard InChI is InChI=1S/C18H26N4OS/c1-18(2,3)24-13-17(23)20-16-10-11-19-22(16)12-14-6-8-15(9-7-14)21(4)5/h6-11H,12-13H2,1-5H3,(H,20,23). The highest BCUT2D eigenvalue weighted by molar-refractivity contribution is 8.01. The van der Waals surface area contributed by atoms with E-state index in [2.05, 4.69) is 60.4 Å². The number of nitrogens with one attached hydrogen (secondary N) is 1. The van der Waals surface area contributed by atoms with Crippen LogP contribution >= 0.6 is 11.8 Å². The predicted octanol–water partition coefficient (Wildman–Crippen LogP) is 3.47. The summed E-state index contributed by atoms with van der Waals surface area (Å²) in [5.74, 6) is 1.16. The molecule has 0 radical (unpaired) electrons. The average Bonchev–Trinajstić information content (AvgIpc) is 2.92. The van der Waals surface area contributed by atoms with Crippen molar-refractivity contribution in [2.45, 2.75) is 32.1 Å². The zero-order chi connectivity index (χ0) is 17.7. The number of carbonyl (C=O) groups excluding carboxylic acids is 1. The van der Waals surface area contributed by atoms with E-state index < -0.39 is 0 Å². The molecule has 1 N–H and O–H groups in total. The molecule has 2 aromatic rings. The fraction of sp³-hybridized carbons (Fsp3) is 0.444. The third-order valence-corrected chi connectivity index (χ3v) is 4.68. The lowest BCUT2D eigenvalue weighted by Gasteiger charge is -2.17. The number of anilines is 2. The Morgan fingerprint density at radius 2 is 1.88 bits per heavy atom. The molecular weight excluding hydrogens is 320 g/mol. The van der Waals surface area contributed by atoms with Crippen LogP contribution in [-0.4, -0.2) is 40.3 Å². The second-order valence-electron chi connectivity index (χ2n) is 6.88. The van der Waals surface area contributed by atoms with Gasteiger partial charge in [0, 0.05) is 30.6 Å². The first-order valence-corrected chi connectivity index (χ1v) is 8.95. The lowest BCUT2D eigenvalue weighted by Crippen LogP contribution is -2.21. The number of aromatic nitrogens is 2. The van der Waals surface area contributed by atoms with Crippen LogP contribution in [0.2, 0.25) is 0 Å². The first-order chi connectivity index (χ1) is 11.2. The molecular formula is C18H26N4OS. The number of hydrogen-bond donors (Lipinski definition) is 1. The Kier molecular flexibility index (Phi) is 5.94. The molecule has 0 aliphatic rings. The number of benzene rings is 1. The molecule has 0 saturated heterocycles. The zero-order valence-electron chi connectivity index (χ0n) is 15.0. The van der Waals surface area contributed by atoms with E-state index in [1.54, 1.807) is 18.0 Å². The smallest absolute Gasteiger partial charge is 0.235 e. The summed E-state index contributed by atoms with van der Waals surface area (Å²) in [7, 11) is 4.04. The van der Waals surface area contributed by atoms with Crippen LogP contribution in [0, 0.1) is 0 Å². The summed E-state index contributed by atoms with van der Waals surface area (Å²) in [5, 5.41) is 7.26. The Morgan fingerprint density at radius 1 is 1.21 bits per heavy atom. The Morgan fingerprint density at radius 3 is 2.46 bits per heavy atom. The minimum Gasteiger partial charge on any atom is -0.378 e. The van der Waals surface area contributed by atoms with Crippen molar-refractivity contribution < 1.29 is 4.79 Å². The summed E-state index contributed by atoms with van der Waals surface area (Å²) >= 11 is 1.63. The van der Waals surface area contributed by atoms with Crippen molar-refractivity contribution in [2.24, 2.45) is 0 Å². The Hall–Kier alpha value is -1.95. The molecule has 1 aromatic carbocycles. The molecule has 0 fully saturated rings. The van der Waals surface area contributed by atoms with Crippen molar-refractivity contribution in [3.63, 3.8) is 0 Å². The molecule has 130 valence electrons. The summed E-state index contributed by atoms with van der Waals surface area (Å²) in [5.41, 5.74) is 2.30. The fourth-order valence-electron chi connectivity index (χ4n) is 2.10. The van der Waals surface area contributed by atoms with E-state index in [0.29, 0.717) is 12.3 Å². The molecule has 1 amide bonds. The molecule has 0 unspecified atom stereocenters. The van der Waals surface area contributed by atoms with E-state index in [-0.39, 0.29) is 10.7 Å². The van der Waals surface area contributed by atoms with Gasteiger partial charge in [-0.15, -0.1) is 11.8 Å². The SMILES string of the molecule is CN(C)c1ccc(Cn2nccc2NC(=O)CSC(C)(C)C)cc1. The fourth-order valence-corrected chi connectivity index (χ4v) is 2.73. The molecule has 2 rings (SSSR count). The van der Waals surface area contributed by atoms with Crippen LogP contribution in [-0.2, 0) is 11.3 Å². The summed E-state index contributed by atoms with van der Waals surface area (Å²) in [4.78, 5) is 14.2.